The Morgan fingerprint density at radius 2 is 1.95 bits per heavy atom. The van der Waals surface area contributed by atoms with Gasteiger partial charge in [-0.25, -0.2) is 4.98 Å². The van der Waals surface area contributed by atoms with E-state index in [1.54, 1.807) is 11.3 Å². The van der Waals surface area contributed by atoms with Gasteiger partial charge in [-0.05, 0) is 32.4 Å². The summed E-state index contributed by atoms with van der Waals surface area (Å²) in [5.74, 6) is 0.915. The molecule has 1 aromatic carbocycles. The topological polar surface area (TPSA) is 48.1 Å². The lowest BCUT2D eigenvalue weighted by molar-refractivity contribution is 0.321. The van der Waals surface area contributed by atoms with Gasteiger partial charge in [0.05, 0.1) is 17.3 Å². The molecule has 21 heavy (non-hydrogen) atoms. The summed E-state index contributed by atoms with van der Waals surface area (Å²) in [6.07, 6.45) is 2.94. The minimum atomic E-state index is 0.0656. The fourth-order valence-corrected chi connectivity index (χ4v) is 3.23. The van der Waals surface area contributed by atoms with Crippen molar-refractivity contribution in [2.24, 2.45) is 5.73 Å². The van der Waals surface area contributed by atoms with Gasteiger partial charge in [0.25, 0.3) is 0 Å². The Kier molecular flexibility index (Phi) is 5.76. The molecular weight excluding hydrogens is 280 g/mol. The van der Waals surface area contributed by atoms with Crippen LogP contribution in [0.3, 0.4) is 0 Å². The molecule has 0 aliphatic heterocycles. The van der Waals surface area contributed by atoms with E-state index >= 15 is 0 Å². The summed E-state index contributed by atoms with van der Waals surface area (Å²) in [4.78, 5) is 5.95. The number of thiazole rings is 1. The first kappa shape index (κ1) is 16.0. The molecule has 0 radical (unpaired) electrons. The van der Waals surface area contributed by atoms with E-state index in [1.165, 1.54) is 16.1 Å². The van der Waals surface area contributed by atoms with E-state index in [1.807, 2.05) is 19.1 Å². The third-order valence-corrected chi connectivity index (χ3v) is 4.64. The first-order valence-electron chi connectivity index (χ1n) is 7.53. The summed E-state index contributed by atoms with van der Waals surface area (Å²) >= 11 is 1.73. The number of nitrogens with zero attached hydrogens (tertiary/aromatic N) is 1. The molecule has 114 valence electrons. The van der Waals surface area contributed by atoms with Gasteiger partial charge in [-0.2, -0.15) is 0 Å². The zero-order valence-corrected chi connectivity index (χ0v) is 13.9. The van der Waals surface area contributed by atoms with Crippen LogP contribution in [0.5, 0.6) is 5.75 Å². The van der Waals surface area contributed by atoms with Crippen molar-refractivity contribution in [3.05, 3.63) is 45.4 Å². The van der Waals surface area contributed by atoms with Crippen LogP contribution < -0.4 is 10.5 Å². The molecule has 0 saturated heterocycles. The fraction of sp³-hybridized carbons (Fsp3) is 0.471. The first-order chi connectivity index (χ1) is 10.1. The lowest BCUT2D eigenvalue weighted by Gasteiger charge is -2.04. The third-order valence-electron chi connectivity index (χ3n) is 3.28. The van der Waals surface area contributed by atoms with Crippen molar-refractivity contribution in [1.29, 1.82) is 0 Å². The Labute approximate surface area is 131 Å². The van der Waals surface area contributed by atoms with E-state index in [-0.39, 0.29) is 6.04 Å². The number of aryl methyl sites for hydroxylation is 2. The zero-order chi connectivity index (χ0) is 15.2. The smallest absolute Gasteiger partial charge is 0.119 e. The molecule has 0 aliphatic rings. The minimum Gasteiger partial charge on any atom is -0.493 e. The second-order valence-electron chi connectivity index (χ2n) is 5.37. The van der Waals surface area contributed by atoms with Gasteiger partial charge >= 0.3 is 0 Å². The maximum Gasteiger partial charge on any atom is 0.119 e. The van der Waals surface area contributed by atoms with E-state index < -0.39 is 0 Å². The fourth-order valence-electron chi connectivity index (χ4n) is 2.18. The summed E-state index contributed by atoms with van der Waals surface area (Å²) in [7, 11) is 0. The molecule has 2 aromatic rings. The van der Waals surface area contributed by atoms with Gasteiger partial charge in [-0.15, -0.1) is 11.3 Å². The van der Waals surface area contributed by atoms with Crippen molar-refractivity contribution in [3.63, 3.8) is 0 Å². The number of nitrogens with two attached hydrogens (primary N) is 1. The predicted octanol–water partition coefficient (Wildman–Crippen LogP) is 4.05. The van der Waals surface area contributed by atoms with Gasteiger partial charge < -0.3 is 10.5 Å². The average molecular weight is 304 g/mol. The SMILES string of the molecule is CCCc1nc(CCOc2ccc(C)cc2)sc1C(C)N. The Hall–Kier alpha value is -1.39. The summed E-state index contributed by atoms with van der Waals surface area (Å²) in [5.41, 5.74) is 8.44. The largest absolute Gasteiger partial charge is 0.493 e. The number of benzene rings is 1. The normalized spacial score (nSPS) is 12.4. The molecule has 2 rings (SSSR count). The minimum absolute atomic E-state index is 0.0656. The number of hydrogen-bond donors (Lipinski definition) is 1. The molecule has 2 N–H and O–H groups in total. The van der Waals surface area contributed by atoms with E-state index in [2.05, 4.69) is 26.0 Å². The zero-order valence-electron chi connectivity index (χ0n) is 13.1. The highest BCUT2D eigenvalue weighted by Gasteiger charge is 2.13. The van der Waals surface area contributed by atoms with Crippen LogP contribution in [0, 0.1) is 6.92 Å². The summed E-state index contributed by atoms with van der Waals surface area (Å²) in [5, 5.41) is 1.12. The molecule has 0 amide bonds. The van der Waals surface area contributed by atoms with Crippen molar-refractivity contribution < 1.29 is 4.74 Å². The van der Waals surface area contributed by atoms with Gasteiger partial charge in [-0.3, -0.25) is 0 Å². The van der Waals surface area contributed by atoms with Gasteiger partial charge in [0.1, 0.15) is 5.75 Å². The van der Waals surface area contributed by atoms with Gasteiger partial charge in [0.2, 0.25) is 0 Å². The van der Waals surface area contributed by atoms with Gasteiger partial charge in [0.15, 0.2) is 0 Å². The molecule has 1 unspecified atom stereocenters. The Bertz CT molecular complexity index is 561. The number of hydrogen-bond acceptors (Lipinski definition) is 4. The molecule has 3 nitrogen and oxygen atoms in total. The quantitative estimate of drug-likeness (QED) is 0.839. The maximum atomic E-state index is 6.03. The van der Waals surface area contributed by atoms with Crippen LogP contribution in [0.1, 0.15) is 47.5 Å². The van der Waals surface area contributed by atoms with E-state index in [0.717, 1.165) is 30.0 Å². The Balaban J connectivity index is 1.93. The van der Waals surface area contributed by atoms with Crippen LogP contribution in [0.4, 0.5) is 0 Å². The van der Waals surface area contributed by atoms with Crippen LogP contribution in [0.15, 0.2) is 24.3 Å². The second kappa shape index (κ2) is 7.57. The molecule has 4 heteroatoms. The number of ether oxygens (including phenoxy) is 1. The average Bonchev–Trinajstić information content (AvgIpc) is 2.85. The Morgan fingerprint density at radius 3 is 2.57 bits per heavy atom. The van der Waals surface area contributed by atoms with Gasteiger partial charge in [0, 0.05) is 17.3 Å². The number of rotatable bonds is 7. The molecular formula is C17H24N2OS. The van der Waals surface area contributed by atoms with Crippen molar-refractivity contribution in [1.82, 2.24) is 4.98 Å². The highest BCUT2D eigenvalue weighted by atomic mass is 32.1. The number of aromatic nitrogens is 1. The molecule has 0 bridgehead atoms. The summed E-state index contributed by atoms with van der Waals surface area (Å²) in [6, 6.07) is 8.20. The summed E-state index contributed by atoms with van der Waals surface area (Å²) in [6.45, 7) is 6.92. The molecule has 0 aliphatic carbocycles. The lowest BCUT2D eigenvalue weighted by atomic mass is 10.2. The van der Waals surface area contributed by atoms with Crippen LogP contribution in [0.25, 0.3) is 0 Å². The standard InChI is InChI=1S/C17H24N2OS/c1-4-5-15-17(13(3)18)21-16(19-15)10-11-20-14-8-6-12(2)7-9-14/h6-9,13H,4-5,10-11,18H2,1-3H3. The van der Waals surface area contributed by atoms with E-state index in [4.69, 9.17) is 15.5 Å². The highest BCUT2D eigenvalue weighted by Crippen LogP contribution is 2.25. The molecule has 1 heterocycles. The van der Waals surface area contributed by atoms with Crippen LogP contribution in [0.2, 0.25) is 0 Å². The lowest BCUT2D eigenvalue weighted by Crippen LogP contribution is -2.05. The second-order valence-corrected chi connectivity index (χ2v) is 6.48. The molecule has 1 aromatic heterocycles. The third kappa shape index (κ3) is 4.55. The van der Waals surface area contributed by atoms with Crippen LogP contribution in [-0.2, 0) is 12.8 Å². The van der Waals surface area contributed by atoms with Crippen molar-refractivity contribution in [3.8, 4) is 5.75 Å². The van der Waals surface area contributed by atoms with E-state index in [9.17, 15) is 0 Å². The highest BCUT2D eigenvalue weighted by molar-refractivity contribution is 7.11. The monoisotopic (exact) mass is 304 g/mol. The molecule has 0 saturated carbocycles. The van der Waals surface area contributed by atoms with Crippen LogP contribution in [-0.4, -0.2) is 11.6 Å². The summed E-state index contributed by atoms with van der Waals surface area (Å²) < 4.78 is 5.77. The molecule has 1 atom stereocenters. The van der Waals surface area contributed by atoms with Gasteiger partial charge in [-0.1, -0.05) is 31.0 Å². The van der Waals surface area contributed by atoms with Crippen molar-refractivity contribution in [2.45, 2.75) is 46.1 Å². The first-order valence-corrected chi connectivity index (χ1v) is 8.35. The van der Waals surface area contributed by atoms with Crippen LogP contribution >= 0.6 is 11.3 Å². The predicted molar refractivity (Wildman–Crippen MR) is 89.1 cm³/mol. The van der Waals surface area contributed by atoms with Crippen molar-refractivity contribution >= 4 is 11.3 Å². The molecule has 0 fully saturated rings. The maximum absolute atomic E-state index is 6.03. The molecule has 0 spiro atoms. The Morgan fingerprint density at radius 1 is 1.24 bits per heavy atom. The van der Waals surface area contributed by atoms with Crippen molar-refractivity contribution in [2.75, 3.05) is 6.61 Å². The van der Waals surface area contributed by atoms with E-state index in [0.29, 0.717) is 6.61 Å².